The summed E-state index contributed by atoms with van der Waals surface area (Å²) in [4.78, 5) is 4.22. The molecule has 132 valence electrons. The highest BCUT2D eigenvalue weighted by Gasteiger charge is 2.20. The molecule has 0 fully saturated rings. The Balaban J connectivity index is 1.85. The van der Waals surface area contributed by atoms with Crippen LogP contribution in [0.5, 0.6) is 0 Å². The van der Waals surface area contributed by atoms with Gasteiger partial charge in [0.05, 0.1) is 12.4 Å². The second-order valence-corrected chi connectivity index (χ2v) is 6.82. The molecule has 0 aliphatic heterocycles. The largest absolute Gasteiger partial charge is 0.347 e. The minimum Gasteiger partial charge on any atom is -0.347 e. The van der Waals surface area contributed by atoms with E-state index < -0.39 is 0 Å². The van der Waals surface area contributed by atoms with Crippen LogP contribution in [0.15, 0.2) is 67.4 Å². The van der Waals surface area contributed by atoms with Gasteiger partial charge >= 0.3 is 0 Å². The fraction of sp³-hybridized carbons (Fsp3) is 0.190. The average Bonchev–Trinajstić information content (AvgIpc) is 3.29. The predicted molar refractivity (Wildman–Crippen MR) is 103 cm³/mol. The van der Waals surface area contributed by atoms with Crippen LogP contribution in [-0.2, 0) is 13.0 Å². The van der Waals surface area contributed by atoms with Crippen LogP contribution in [0.3, 0.4) is 0 Å². The van der Waals surface area contributed by atoms with Crippen molar-refractivity contribution in [1.29, 1.82) is 0 Å². The summed E-state index contributed by atoms with van der Waals surface area (Å²) < 4.78 is 17.6. The monoisotopic (exact) mass is 367 g/mol. The first kappa shape index (κ1) is 16.9. The highest BCUT2D eigenvalue weighted by Crippen LogP contribution is 2.33. The first-order valence-corrected chi connectivity index (χ1v) is 9.03. The van der Waals surface area contributed by atoms with E-state index in [9.17, 15) is 4.39 Å². The molecule has 0 spiro atoms. The number of hydrogen-bond donors (Lipinski definition) is 0. The molecule has 5 heteroatoms. The van der Waals surface area contributed by atoms with Gasteiger partial charge in [-0.1, -0.05) is 23.7 Å². The Morgan fingerprint density at radius 2 is 1.96 bits per heavy atom. The van der Waals surface area contributed by atoms with Crippen LogP contribution < -0.4 is 0 Å². The standard InChI is InChI=1S/C21H19ClFN3/c1-2-25-13-19(18-12-16(22)5-8-20(18)25)21(26-10-9-24-14-26)11-15-3-6-17(23)7-4-15/h3-10,12-14,21H,2,11H2,1H3. The third-order valence-corrected chi connectivity index (χ3v) is 5.04. The van der Waals surface area contributed by atoms with Crippen LogP contribution in [-0.4, -0.2) is 14.1 Å². The Hall–Kier alpha value is -2.59. The van der Waals surface area contributed by atoms with Crippen LogP contribution in [0.1, 0.15) is 24.1 Å². The number of aryl methyl sites for hydroxylation is 1. The van der Waals surface area contributed by atoms with Gasteiger partial charge in [0.1, 0.15) is 5.82 Å². The maximum atomic E-state index is 13.3. The van der Waals surface area contributed by atoms with E-state index in [1.807, 2.05) is 36.8 Å². The number of aromatic nitrogens is 3. The van der Waals surface area contributed by atoms with E-state index >= 15 is 0 Å². The summed E-state index contributed by atoms with van der Waals surface area (Å²) in [5.74, 6) is -0.220. The molecule has 0 aliphatic carbocycles. The van der Waals surface area contributed by atoms with Crippen LogP contribution in [0.2, 0.25) is 5.02 Å². The van der Waals surface area contributed by atoms with Crippen LogP contribution in [0.4, 0.5) is 4.39 Å². The lowest BCUT2D eigenvalue weighted by molar-refractivity contribution is 0.579. The first-order chi connectivity index (χ1) is 12.7. The van der Waals surface area contributed by atoms with E-state index in [0.29, 0.717) is 0 Å². The number of benzene rings is 2. The van der Waals surface area contributed by atoms with Crippen LogP contribution >= 0.6 is 11.6 Å². The van der Waals surface area contributed by atoms with Gasteiger partial charge in [-0.25, -0.2) is 9.37 Å². The van der Waals surface area contributed by atoms with Crippen LogP contribution in [0, 0.1) is 5.82 Å². The van der Waals surface area contributed by atoms with Crippen molar-refractivity contribution in [3.63, 3.8) is 0 Å². The smallest absolute Gasteiger partial charge is 0.123 e. The summed E-state index contributed by atoms with van der Waals surface area (Å²) in [5, 5.41) is 1.86. The highest BCUT2D eigenvalue weighted by atomic mass is 35.5. The fourth-order valence-electron chi connectivity index (χ4n) is 3.50. The topological polar surface area (TPSA) is 22.8 Å². The Morgan fingerprint density at radius 1 is 1.15 bits per heavy atom. The van der Waals surface area contributed by atoms with Crippen molar-refractivity contribution in [3.05, 3.63) is 89.3 Å². The SMILES string of the molecule is CCn1cc(C(Cc2ccc(F)cc2)n2ccnc2)c2cc(Cl)ccc21. The van der Waals surface area contributed by atoms with Gasteiger partial charge in [-0.05, 0) is 49.2 Å². The maximum Gasteiger partial charge on any atom is 0.123 e. The Morgan fingerprint density at radius 3 is 2.65 bits per heavy atom. The van der Waals surface area contributed by atoms with E-state index in [1.165, 1.54) is 17.7 Å². The molecule has 1 atom stereocenters. The highest BCUT2D eigenvalue weighted by molar-refractivity contribution is 6.31. The zero-order chi connectivity index (χ0) is 18.1. The molecular weight excluding hydrogens is 349 g/mol. The molecule has 1 unspecified atom stereocenters. The lowest BCUT2D eigenvalue weighted by Gasteiger charge is -2.18. The summed E-state index contributed by atoms with van der Waals surface area (Å²) >= 11 is 6.28. The second kappa shape index (κ2) is 6.96. The zero-order valence-corrected chi connectivity index (χ0v) is 15.2. The molecule has 0 N–H and O–H groups in total. The van der Waals surface area contributed by atoms with E-state index in [0.717, 1.165) is 34.5 Å². The molecule has 0 aliphatic rings. The molecule has 4 rings (SSSR count). The van der Waals surface area contributed by atoms with Crippen molar-refractivity contribution in [2.45, 2.75) is 25.9 Å². The zero-order valence-electron chi connectivity index (χ0n) is 14.4. The summed E-state index contributed by atoms with van der Waals surface area (Å²) in [6.07, 6.45) is 8.51. The number of imidazole rings is 1. The van der Waals surface area contributed by atoms with Gasteiger partial charge in [-0.15, -0.1) is 0 Å². The minimum atomic E-state index is -0.220. The molecule has 0 saturated carbocycles. The lowest BCUT2D eigenvalue weighted by Crippen LogP contribution is -2.12. The molecule has 4 aromatic rings. The fourth-order valence-corrected chi connectivity index (χ4v) is 3.67. The van der Waals surface area contributed by atoms with Crippen molar-refractivity contribution in [3.8, 4) is 0 Å². The molecule has 2 heterocycles. The second-order valence-electron chi connectivity index (χ2n) is 6.39. The maximum absolute atomic E-state index is 13.3. The van der Waals surface area contributed by atoms with Gasteiger partial charge in [-0.3, -0.25) is 0 Å². The minimum absolute atomic E-state index is 0.0525. The molecule has 26 heavy (non-hydrogen) atoms. The van der Waals surface area contributed by atoms with E-state index in [-0.39, 0.29) is 11.9 Å². The van der Waals surface area contributed by atoms with Crippen molar-refractivity contribution in [2.24, 2.45) is 0 Å². The Labute approximate surface area is 156 Å². The molecule has 0 bridgehead atoms. The number of halogens is 2. The van der Waals surface area contributed by atoms with E-state index in [1.54, 1.807) is 6.20 Å². The van der Waals surface area contributed by atoms with E-state index in [2.05, 4.69) is 33.3 Å². The molecule has 2 aromatic heterocycles. The van der Waals surface area contributed by atoms with Crippen LogP contribution in [0.25, 0.3) is 10.9 Å². The Kier molecular flexibility index (Phi) is 4.51. The quantitative estimate of drug-likeness (QED) is 0.458. The molecule has 2 aromatic carbocycles. The van der Waals surface area contributed by atoms with Crippen molar-refractivity contribution < 1.29 is 4.39 Å². The van der Waals surface area contributed by atoms with Gasteiger partial charge in [0.25, 0.3) is 0 Å². The molecule has 0 amide bonds. The third-order valence-electron chi connectivity index (χ3n) is 4.80. The summed E-state index contributed by atoms with van der Waals surface area (Å²) in [6.45, 7) is 3.01. The third kappa shape index (κ3) is 3.13. The average molecular weight is 368 g/mol. The van der Waals surface area contributed by atoms with Gasteiger partial charge in [-0.2, -0.15) is 0 Å². The molecule has 3 nitrogen and oxygen atoms in total. The van der Waals surface area contributed by atoms with Gasteiger partial charge < -0.3 is 9.13 Å². The normalized spacial score (nSPS) is 12.6. The molecule has 0 saturated heterocycles. The summed E-state index contributed by atoms with van der Waals surface area (Å²) in [5.41, 5.74) is 3.42. The van der Waals surface area contributed by atoms with Crippen molar-refractivity contribution in [2.75, 3.05) is 0 Å². The molecular formula is C21H19ClFN3. The van der Waals surface area contributed by atoms with Gasteiger partial charge in [0.15, 0.2) is 0 Å². The lowest BCUT2D eigenvalue weighted by atomic mass is 9.98. The summed E-state index contributed by atoms with van der Waals surface area (Å²) in [6, 6.07) is 12.7. The van der Waals surface area contributed by atoms with Gasteiger partial charge in [0, 0.05) is 46.6 Å². The van der Waals surface area contributed by atoms with Crippen molar-refractivity contribution in [1.82, 2.24) is 14.1 Å². The predicted octanol–water partition coefficient (Wildman–Crippen LogP) is 5.48. The van der Waals surface area contributed by atoms with Crippen molar-refractivity contribution >= 4 is 22.5 Å². The number of rotatable bonds is 5. The number of fused-ring (bicyclic) bond motifs is 1. The Bertz CT molecular complexity index is 1020. The van der Waals surface area contributed by atoms with E-state index in [4.69, 9.17) is 11.6 Å². The number of nitrogens with zero attached hydrogens (tertiary/aromatic N) is 3. The first-order valence-electron chi connectivity index (χ1n) is 8.66. The van der Waals surface area contributed by atoms with Gasteiger partial charge in [0.2, 0.25) is 0 Å². The molecule has 0 radical (unpaired) electrons. The number of hydrogen-bond acceptors (Lipinski definition) is 1. The summed E-state index contributed by atoms with van der Waals surface area (Å²) in [7, 11) is 0.